The molecular formula is C16H24N2O15P2S-2. The molecule has 10 atom stereocenters. The Labute approximate surface area is 207 Å². The monoisotopic (exact) mass is 578 g/mol. The number of phosphoric acid groups is 2. The molecule has 0 bridgehead atoms. The molecule has 0 aliphatic carbocycles. The van der Waals surface area contributed by atoms with Crippen LogP contribution in [0, 0.1) is 6.92 Å². The fourth-order valence-electron chi connectivity index (χ4n) is 3.45. The van der Waals surface area contributed by atoms with Gasteiger partial charge in [-0.3, -0.25) is 28.0 Å². The second-order valence-electron chi connectivity index (χ2n) is 7.99. The summed E-state index contributed by atoms with van der Waals surface area (Å²) >= 11 is 3.84. The number of aryl methyl sites for hydroxylation is 1. The maximum absolute atomic E-state index is 12.1. The normalized spacial score (nSPS) is 36.3. The molecule has 2 fully saturated rings. The minimum atomic E-state index is -5.79. The van der Waals surface area contributed by atoms with Crippen molar-refractivity contribution in [3.05, 3.63) is 32.6 Å². The summed E-state index contributed by atoms with van der Waals surface area (Å²) in [4.78, 5) is 49.7. The topological polar surface area (TPSA) is 262 Å². The van der Waals surface area contributed by atoms with Crippen LogP contribution in [0.5, 0.6) is 0 Å². The van der Waals surface area contributed by atoms with Crippen molar-refractivity contribution < 1.29 is 62.2 Å². The number of phosphoric ester groups is 2. The van der Waals surface area contributed by atoms with Crippen LogP contribution in [0.1, 0.15) is 18.2 Å². The molecule has 2 unspecified atom stereocenters. The summed E-state index contributed by atoms with van der Waals surface area (Å²) in [5.41, 5.74) is -1.29. The molecule has 3 rings (SSSR count). The number of thiol groups is 1. The minimum absolute atomic E-state index is 0.172. The third-order valence-electron chi connectivity index (χ3n) is 5.34. The lowest BCUT2D eigenvalue weighted by molar-refractivity contribution is -0.298. The number of hydrogen-bond acceptors (Lipinski definition) is 16. The molecule has 2 saturated heterocycles. The number of aliphatic hydroxyl groups excluding tert-OH is 4. The number of aromatic amines is 1. The van der Waals surface area contributed by atoms with Crippen molar-refractivity contribution in [1.82, 2.24) is 9.55 Å². The molecule has 1 aromatic rings. The van der Waals surface area contributed by atoms with E-state index in [9.17, 15) is 48.9 Å². The minimum Gasteiger partial charge on any atom is -0.756 e. The largest absolute Gasteiger partial charge is 0.756 e. The number of H-pyrrole nitrogens is 1. The van der Waals surface area contributed by atoms with Crippen molar-refractivity contribution in [2.24, 2.45) is 0 Å². The van der Waals surface area contributed by atoms with Gasteiger partial charge in [0.1, 0.15) is 30.6 Å². The molecule has 0 radical (unpaired) electrons. The third-order valence-corrected chi connectivity index (χ3v) is 8.23. The number of nitrogens with one attached hydrogen (secondary N) is 1. The lowest BCUT2D eigenvalue weighted by Gasteiger charge is -2.42. The van der Waals surface area contributed by atoms with Gasteiger partial charge in [-0.05, 0) is 6.92 Å². The van der Waals surface area contributed by atoms with E-state index in [0.717, 1.165) is 4.57 Å². The summed E-state index contributed by atoms with van der Waals surface area (Å²) in [5.74, 6) is -0.215. The second kappa shape index (κ2) is 11.4. The van der Waals surface area contributed by atoms with E-state index in [1.807, 2.05) is 4.98 Å². The Bertz CT molecular complexity index is 1140. The van der Waals surface area contributed by atoms with Crippen LogP contribution in [0.25, 0.3) is 0 Å². The molecule has 3 heterocycles. The van der Waals surface area contributed by atoms with Gasteiger partial charge in [-0.15, -0.1) is 0 Å². The summed E-state index contributed by atoms with van der Waals surface area (Å²) < 4.78 is 48.2. The molecule has 1 aromatic heterocycles. The zero-order chi connectivity index (χ0) is 27.0. The zero-order valence-electron chi connectivity index (χ0n) is 18.4. The Morgan fingerprint density at radius 3 is 2.42 bits per heavy atom. The quantitative estimate of drug-likeness (QED) is 0.121. The van der Waals surface area contributed by atoms with E-state index in [1.165, 1.54) is 13.1 Å². The van der Waals surface area contributed by atoms with Crippen molar-refractivity contribution in [3.8, 4) is 0 Å². The number of hydrogen-bond donors (Lipinski definition) is 6. The molecule has 20 heteroatoms. The van der Waals surface area contributed by atoms with Gasteiger partial charge < -0.3 is 44.2 Å². The molecule has 0 amide bonds. The number of nitrogens with zero attached hydrogens (tertiary/aromatic N) is 1. The summed E-state index contributed by atoms with van der Waals surface area (Å²) in [5, 5.41) is 39.5. The van der Waals surface area contributed by atoms with E-state index in [-0.39, 0.29) is 17.7 Å². The maximum Gasteiger partial charge on any atom is 0.330 e. The molecule has 0 spiro atoms. The number of ether oxygens (including phenoxy) is 2. The average molecular weight is 578 g/mol. The number of aliphatic hydroxyl groups is 4. The highest BCUT2D eigenvalue weighted by Crippen LogP contribution is 2.57. The summed E-state index contributed by atoms with van der Waals surface area (Å²) in [6.07, 6.45) is -11.8. The van der Waals surface area contributed by atoms with Crippen LogP contribution in [0.2, 0.25) is 0 Å². The van der Waals surface area contributed by atoms with E-state index in [1.54, 1.807) is 0 Å². The van der Waals surface area contributed by atoms with Crippen LogP contribution in [0.4, 0.5) is 0 Å². The maximum atomic E-state index is 12.1. The van der Waals surface area contributed by atoms with E-state index >= 15 is 0 Å². The van der Waals surface area contributed by atoms with Crippen LogP contribution < -0.4 is 21.0 Å². The van der Waals surface area contributed by atoms with Crippen molar-refractivity contribution >= 4 is 28.3 Å². The zero-order valence-corrected chi connectivity index (χ0v) is 21.1. The second-order valence-corrected chi connectivity index (χ2v) is 11.3. The predicted molar refractivity (Wildman–Crippen MR) is 114 cm³/mol. The van der Waals surface area contributed by atoms with Crippen molar-refractivity contribution in [2.75, 3.05) is 12.4 Å². The molecule has 0 aromatic carbocycles. The highest BCUT2D eigenvalue weighted by atomic mass is 32.1. The Morgan fingerprint density at radius 2 is 1.78 bits per heavy atom. The highest BCUT2D eigenvalue weighted by Gasteiger charge is 2.45. The first-order valence-corrected chi connectivity index (χ1v) is 13.8. The highest BCUT2D eigenvalue weighted by molar-refractivity contribution is 7.80. The fourth-order valence-corrected chi connectivity index (χ4v) is 5.83. The van der Waals surface area contributed by atoms with Gasteiger partial charge >= 0.3 is 5.69 Å². The lowest BCUT2D eigenvalue weighted by Crippen LogP contribution is -2.58. The Balaban J connectivity index is 1.59. The van der Waals surface area contributed by atoms with Crippen molar-refractivity contribution in [2.45, 2.75) is 62.5 Å². The first-order chi connectivity index (χ1) is 16.6. The van der Waals surface area contributed by atoms with Gasteiger partial charge in [0.2, 0.25) is 0 Å². The summed E-state index contributed by atoms with van der Waals surface area (Å²) in [7, 11) is -11.5. The average Bonchev–Trinajstić information content (AvgIpc) is 3.14. The SMILES string of the molecule is Cc1cn([C@H]2C[C@H](O)[C@@H](COP(=O)([O-])OP(=O)([O-])O[C@H]3O[C@H](CS)[C@@H](O)[C@H](O)[C@H]3O)O2)c(=O)[nH]c1=O. The molecule has 2 aliphatic rings. The van der Waals surface area contributed by atoms with E-state index in [2.05, 4.69) is 26.0 Å². The van der Waals surface area contributed by atoms with Crippen LogP contribution in [0.3, 0.4) is 0 Å². The predicted octanol–water partition coefficient (Wildman–Crippen LogP) is -3.78. The van der Waals surface area contributed by atoms with E-state index < -0.39 is 82.6 Å². The third kappa shape index (κ3) is 6.92. The Hall–Kier alpha value is -0.950. The standard InChI is InChI=1S/C16H26N2O15P2S/c1-6-3-18(16(24)17-14(6)23)10-2-7(19)8(30-10)4-29-34(25,26)33-35(27,28)32-15-13(22)12(21)11(20)9(5-36)31-15/h3,7-13,15,19-22,36H,2,4-5H2,1H3,(H,25,26)(H,27,28)(H,17,23,24)/p-2/t7-,8+,9+,10+,11+,12-,13+,15+/m0/s1. The van der Waals surface area contributed by atoms with E-state index in [4.69, 9.17) is 9.47 Å². The molecule has 17 nitrogen and oxygen atoms in total. The van der Waals surface area contributed by atoms with Crippen molar-refractivity contribution in [3.63, 3.8) is 0 Å². The van der Waals surface area contributed by atoms with Crippen molar-refractivity contribution in [1.29, 1.82) is 0 Å². The Kier molecular flexibility index (Phi) is 9.40. The number of rotatable bonds is 9. The first-order valence-electron chi connectivity index (χ1n) is 10.3. The molecule has 36 heavy (non-hydrogen) atoms. The molecule has 0 saturated carbocycles. The smallest absolute Gasteiger partial charge is 0.330 e. The van der Waals surface area contributed by atoms with Gasteiger partial charge in [0.15, 0.2) is 6.29 Å². The van der Waals surface area contributed by atoms with Crippen LogP contribution in [0.15, 0.2) is 15.8 Å². The first kappa shape index (κ1) is 29.6. The van der Waals surface area contributed by atoms with Crippen LogP contribution in [-0.2, 0) is 32.0 Å². The lowest BCUT2D eigenvalue weighted by atomic mass is 10.0. The summed E-state index contributed by atoms with van der Waals surface area (Å²) in [6.45, 7) is 0.499. The van der Waals surface area contributed by atoms with Crippen LogP contribution in [-0.4, -0.2) is 85.3 Å². The van der Waals surface area contributed by atoms with Gasteiger partial charge in [-0.25, -0.2) is 9.11 Å². The number of aromatic nitrogens is 2. The molecular weight excluding hydrogens is 554 g/mol. The van der Waals surface area contributed by atoms with Crippen LogP contribution >= 0.6 is 28.3 Å². The molecule has 206 valence electrons. The van der Waals surface area contributed by atoms with Gasteiger partial charge in [0.05, 0.1) is 18.8 Å². The molecule has 2 aliphatic heterocycles. The van der Waals surface area contributed by atoms with Gasteiger partial charge in [-0.1, -0.05) is 0 Å². The fraction of sp³-hybridized carbons (Fsp3) is 0.750. The Morgan fingerprint density at radius 1 is 1.11 bits per heavy atom. The van der Waals surface area contributed by atoms with Gasteiger partial charge in [-0.2, -0.15) is 12.6 Å². The van der Waals surface area contributed by atoms with E-state index in [0.29, 0.717) is 0 Å². The summed E-state index contributed by atoms with van der Waals surface area (Å²) in [6, 6.07) is 0. The molecule has 5 N–H and O–H groups in total. The van der Waals surface area contributed by atoms with Gasteiger partial charge in [0, 0.05) is 23.9 Å². The van der Waals surface area contributed by atoms with Gasteiger partial charge in [0.25, 0.3) is 21.2 Å².